The molecule has 0 aliphatic carbocycles. The Labute approximate surface area is 212 Å². The molecule has 15 heteroatoms. The van der Waals surface area contributed by atoms with Gasteiger partial charge in [-0.05, 0) is 37.5 Å². The van der Waals surface area contributed by atoms with E-state index in [1.165, 1.54) is 31.2 Å². The molecule has 15 nitrogen and oxygen atoms in total. The van der Waals surface area contributed by atoms with Crippen molar-refractivity contribution in [3.05, 3.63) is 29.8 Å². The summed E-state index contributed by atoms with van der Waals surface area (Å²) in [6.45, 7) is 1.52. The van der Waals surface area contributed by atoms with Crippen LogP contribution in [0, 0.1) is 0 Å². The Morgan fingerprint density at radius 1 is 0.919 bits per heavy atom. The van der Waals surface area contributed by atoms with Crippen LogP contribution >= 0.6 is 0 Å². The number of aromatic hydroxyl groups is 1. The molecule has 3 amide bonds. The molecule has 0 aromatic heterocycles. The van der Waals surface area contributed by atoms with E-state index in [1.807, 2.05) is 5.32 Å². The first-order valence-corrected chi connectivity index (χ1v) is 11.2. The lowest BCUT2D eigenvalue weighted by Crippen LogP contribution is -2.57. The summed E-state index contributed by atoms with van der Waals surface area (Å²) in [5.41, 5.74) is 17.0. The highest BCUT2D eigenvalue weighted by molar-refractivity contribution is 5.94. The van der Waals surface area contributed by atoms with E-state index in [0.717, 1.165) is 0 Å². The summed E-state index contributed by atoms with van der Waals surface area (Å²) in [7, 11) is 0. The standard InChI is InChI=1S/C22H33N7O8/c1-11(18(33)29-16(21(36)37)10-17(31)32)27-20(35)15(9-12-4-6-13(30)7-5-12)28-19(34)14(23)3-2-8-26-22(24)25/h4-7,11,14-16,30H,2-3,8-10,23H2,1H3,(H,27,35)(H,28,34)(H,29,33)(H,31,32)(H,36,37)(H4,24,25,26). The van der Waals surface area contributed by atoms with E-state index < -0.39 is 60.2 Å². The summed E-state index contributed by atoms with van der Waals surface area (Å²) in [5, 5.41) is 34.4. The molecule has 1 aromatic carbocycles. The number of carboxylic acids is 2. The summed E-state index contributed by atoms with van der Waals surface area (Å²) in [4.78, 5) is 63.8. The van der Waals surface area contributed by atoms with E-state index in [9.17, 15) is 29.1 Å². The fraction of sp³-hybridized carbons (Fsp3) is 0.455. The van der Waals surface area contributed by atoms with Gasteiger partial charge in [0.15, 0.2) is 5.96 Å². The molecule has 1 rings (SSSR count). The zero-order valence-electron chi connectivity index (χ0n) is 20.2. The molecule has 0 heterocycles. The first-order valence-electron chi connectivity index (χ1n) is 11.2. The molecule has 4 atom stereocenters. The fourth-order valence-corrected chi connectivity index (χ4v) is 3.06. The number of rotatable bonds is 15. The van der Waals surface area contributed by atoms with Gasteiger partial charge in [-0.15, -0.1) is 0 Å². The molecule has 204 valence electrons. The van der Waals surface area contributed by atoms with Gasteiger partial charge in [-0.3, -0.25) is 24.2 Å². The van der Waals surface area contributed by atoms with Gasteiger partial charge in [0.05, 0.1) is 12.5 Å². The van der Waals surface area contributed by atoms with E-state index >= 15 is 0 Å². The van der Waals surface area contributed by atoms with Gasteiger partial charge >= 0.3 is 11.9 Å². The molecular weight excluding hydrogens is 490 g/mol. The zero-order chi connectivity index (χ0) is 28.1. The average Bonchev–Trinajstić information content (AvgIpc) is 2.81. The molecule has 0 saturated carbocycles. The van der Waals surface area contributed by atoms with E-state index in [2.05, 4.69) is 15.6 Å². The summed E-state index contributed by atoms with van der Waals surface area (Å²) >= 11 is 0. The number of guanidine groups is 1. The first-order chi connectivity index (χ1) is 17.3. The third-order valence-electron chi connectivity index (χ3n) is 5.06. The molecule has 0 aliphatic rings. The summed E-state index contributed by atoms with van der Waals surface area (Å²) in [5.74, 6) is -5.45. The second-order valence-corrected chi connectivity index (χ2v) is 8.21. The summed E-state index contributed by atoms with van der Waals surface area (Å²) in [6.07, 6.45) is -0.263. The van der Waals surface area contributed by atoms with Crippen LogP contribution in [0.15, 0.2) is 29.3 Å². The molecular formula is C22H33N7O8. The number of nitrogens with zero attached hydrogens (tertiary/aromatic N) is 1. The van der Waals surface area contributed by atoms with Crippen molar-refractivity contribution in [3.8, 4) is 5.75 Å². The normalized spacial score (nSPS) is 13.8. The first kappa shape index (κ1) is 30.6. The van der Waals surface area contributed by atoms with Gasteiger partial charge in [-0.1, -0.05) is 12.1 Å². The number of amides is 3. The SMILES string of the molecule is CC(NC(=O)C(Cc1ccc(O)cc1)NC(=O)C(N)CCCN=C(N)N)C(=O)NC(CC(=O)O)C(=O)O. The molecule has 4 unspecified atom stereocenters. The third-order valence-corrected chi connectivity index (χ3v) is 5.06. The third kappa shape index (κ3) is 11.7. The molecule has 37 heavy (non-hydrogen) atoms. The number of carbonyl (C=O) groups excluding carboxylic acids is 3. The number of phenols is 1. The predicted molar refractivity (Wildman–Crippen MR) is 131 cm³/mol. The molecule has 1 aromatic rings. The number of aliphatic imine (C=N–C) groups is 1. The van der Waals surface area contributed by atoms with Crippen LogP contribution in [0.5, 0.6) is 5.75 Å². The minimum absolute atomic E-state index is 0.00350. The Morgan fingerprint density at radius 2 is 1.51 bits per heavy atom. The van der Waals surface area contributed by atoms with Crippen LogP contribution < -0.4 is 33.2 Å². The Morgan fingerprint density at radius 3 is 2.05 bits per heavy atom. The maximum atomic E-state index is 13.0. The molecule has 12 N–H and O–H groups in total. The maximum absolute atomic E-state index is 13.0. The van der Waals surface area contributed by atoms with E-state index in [4.69, 9.17) is 27.4 Å². The minimum atomic E-state index is -1.70. The van der Waals surface area contributed by atoms with Gasteiger partial charge in [0.25, 0.3) is 0 Å². The molecule has 0 aliphatic heterocycles. The summed E-state index contributed by atoms with van der Waals surface area (Å²) in [6, 6.07) is 0.720. The topological polar surface area (TPSA) is 273 Å². The van der Waals surface area contributed by atoms with Crippen molar-refractivity contribution >= 4 is 35.6 Å². The number of hydrogen-bond acceptors (Lipinski definition) is 8. The number of nitrogens with one attached hydrogen (secondary N) is 3. The van der Waals surface area contributed by atoms with E-state index in [1.54, 1.807) is 0 Å². The molecule has 0 bridgehead atoms. The molecule has 0 spiro atoms. The second-order valence-electron chi connectivity index (χ2n) is 8.21. The van der Waals surface area contributed by atoms with Crippen molar-refractivity contribution in [2.24, 2.45) is 22.2 Å². The van der Waals surface area contributed by atoms with Crippen molar-refractivity contribution in [1.29, 1.82) is 0 Å². The number of carbonyl (C=O) groups is 5. The van der Waals surface area contributed by atoms with Crippen LogP contribution in [0.3, 0.4) is 0 Å². The number of benzene rings is 1. The van der Waals surface area contributed by atoms with Crippen LogP contribution in [-0.4, -0.2) is 81.7 Å². The van der Waals surface area contributed by atoms with Gasteiger partial charge < -0.3 is 48.5 Å². The maximum Gasteiger partial charge on any atom is 0.326 e. The minimum Gasteiger partial charge on any atom is -0.508 e. The van der Waals surface area contributed by atoms with E-state index in [0.29, 0.717) is 12.0 Å². The van der Waals surface area contributed by atoms with Gasteiger partial charge in [-0.2, -0.15) is 0 Å². The Kier molecular flexibility index (Phi) is 12.3. The molecule has 0 saturated heterocycles. The smallest absolute Gasteiger partial charge is 0.326 e. The van der Waals surface area contributed by atoms with Crippen molar-refractivity contribution < 1.29 is 39.3 Å². The lowest BCUT2D eigenvalue weighted by atomic mass is 10.0. The fourth-order valence-electron chi connectivity index (χ4n) is 3.06. The van der Waals surface area contributed by atoms with Crippen molar-refractivity contribution in [1.82, 2.24) is 16.0 Å². The lowest BCUT2D eigenvalue weighted by Gasteiger charge is -2.23. The van der Waals surface area contributed by atoms with Crippen molar-refractivity contribution in [2.75, 3.05) is 6.54 Å². The monoisotopic (exact) mass is 523 g/mol. The van der Waals surface area contributed by atoms with Gasteiger partial charge in [0.1, 0.15) is 23.9 Å². The highest BCUT2D eigenvalue weighted by Crippen LogP contribution is 2.12. The number of carboxylic acid groups (broad SMARTS) is 2. The van der Waals surface area contributed by atoms with Crippen LogP contribution in [0.25, 0.3) is 0 Å². The largest absolute Gasteiger partial charge is 0.508 e. The van der Waals surface area contributed by atoms with Crippen LogP contribution in [0.2, 0.25) is 0 Å². The van der Waals surface area contributed by atoms with Gasteiger partial charge in [0.2, 0.25) is 17.7 Å². The van der Waals surface area contributed by atoms with Crippen molar-refractivity contribution in [3.63, 3.8) is 0 Å². The zero-order valence-corrected chi connectivity index (χ0v) is 20.2. The van der Waals surface area contributed by atoms with Crippen LogP contribution in [0.1, 0.15) is 31.7 Å². The van der Waals surface area contributed by atoms with Crippen LogP contribution in [-0.2, 0) is 30.4 Å². The number of hydrogen-bond donors (Lipinski definition) is 9. The molecule has 0 fully saturated rings. The highest BCUT2D eigenvalue weighted by Gasteiger charge is 2.29. The summed E-state index contributed by atoms with van der Waals surface area (Å²) < 4.78 is 0. The van der Waals surface area contributed by atoms with E-state index in [-0.39, 0.29) is 31.1 Å². The predicted octanol–water partition coefficient (Wildman–Crippen LogP) is -2.65. The average molecular weight is 524 g/mol. The Bertz CT molecular complexity index is 995. The number of phenolic OH excluding ortho intramolecular Hbond substituents is 1. The highest BCUT2D eigenvalue weighted by atomic mass is 16.4. The molecule has 0 radical (unpaired) electrons. The van der Waals surface area contributed by atoms with Gasteiger partial charge in [0, 0.05) is 13.0 Å². The Hall–Kier alpha value is -4.40. The number of aliphatic carboxylic acids is 2. The Balaban J connectivity index is 2.91. The van der Waals surface area contributed by atoms with Crippen LogP contribution in [0.4, 0.5) is 0 Å². The lowest BCUT2D eigenvalue weighted by molar-refractivity contribution is -0.147. The number of nitrogens with two attached hydrogens (primary N) is 3. The second kappa shape index (κ2) is 14.9. The van der Waals surface area contributed by atoms with Crippen molar-refractivity contribution in [2.45, 2.75) is 56.8 Å². The van der Waals surface area contributed by atoms with Gasteiger partial charge in [-0.25, -0.2) is 4.79 Å². The quantitative estimate of drug-likeness (QED) is 0.0650.